The molecule has 0 bridgehead atoms. The first kappa shape index (κ1) is 13.9. The van der Waals surface area contributed by atoms with E-state index in [-0.39, 0.29) is 0 Å². The highest BCUT2D eigenvalue weighted by atomic mass is 16.3. The van der Waals surface area contributed by atoms with Crippen LogP contribution in [0.2, 0.25) is 0 Å². The molecule has 1 aromatic heterocycles. The van der Waals surface area contributed by atoms with Crippen molar-refractivity contribution >= 4 is 12.1 Å². The van der Waals surface area contributed by atoms with E-state index < -0.39 is 12.0 Å². The largest absolute Gasteiger partial charge is 0.378 e. The summed E-state index contributed by atoms with van der Waals surface area (Å²) in [5, 5.41) is 13.6. The maximum Gasteiger partial charge on any atom is 0.273 e. The molecule has 2 aromatic rings. The first-order chi connectivity index (χ1) is 9.66. The van der Waals surface area contributed by atoms with Crippen molar-refractivity contribution in [1.82, 2.24) is 10.4 Å². The molecular formula is C15H15N3O2. The van der Waals surface area contributed by atoms with Crippen LogP contribution in [0.1, 0.15) is 23.1 Å². The second-order valence-corrected chi connectivity index (χ2v) is 4.25. The summed E-state index contributed by atoms with van der Waals surface area (Å²) < 4.78 is 0. The number of aliphatic hydroxyl groups is 1. The summed E-state index contributed by atoms with van der Waals surface area (Å²) in [4.78, 5) is 15.9. The van der Waals surface area contributed by atoms with Crippen LogP contribution in [0.15, 0.2) is 53.6 Å². The number of carbonyl (C=O) groups excluding carboxylic acids is 1. The predicted molar refractivity (Wildman–Crippen MR) is 76.1 cm³/mol. The fourth-order valence-electron chi connectivity index (χ4n) is 1.65. The fourth-order valence-corrected chi connectivity index (χ4v) is 1.65. The van der Waals surface area contributed by atoms with Crippen molar-refractivity contribution in [1.29, 1.82) is 0 Å². The van der Waals surface area contributed by atoms with Crippen LogP contribution in [-0.4, -0.2) is 22.2 Å². The molecule has 0 aliphatic heterocycles. The molecule has 2 rings (SSSR count). The number of nitrogens with one attached hydrogen (secondary N) is 1. The van der Waals surface area contributed by atoms with Gasteiger partial charge in [-0.2, -0.15) is 5.10 Å². The molecule has 1 aromatic carbocycles. The first-order valence-electron chi connectivity index (χ1n) is 6.16. The molecule has 0 aliphatic carbocycles. The molecule has 0 saturated heterocycles. The zero-order chi connectivity index (χ0) is 14.4. The molecule has 0 unspecified atom stereocenters. The number of aryl methyl sites for hydroxylation is 1. The smallest absolute Gasteiger partial charge is 0.273 e. The Kier molecular flexibility index (Phi) is 4.57. The summed E-state index contributed by atoms with van der Waals surface area (Å²) in [5.41, 5.74) is 4.32. The van der Waals surface area contributed by atoms with E-state index in [1.54, 1.807) is 30.3 Å². The molecule has 1 heterocycles. The van der Waals surface area contributed by atoms with Crippen molar-refractivity contribution in [2.75, 3.05) is 0 Å². The van der Waals surface area contributed by atoms with Crippen LogP contribution in [0.5, 0.6) is 0 Å². The molecule has 1 atom stereocenters. The number of benzene rings is 1. The van der Waals surface area contributed by atoms with Crippen molar-refractivity contribution in [3.8, 4) is 0 Å². The summed E-state index contributed by atoms with van der Waals surface area (Å²) in [6, 6.07) is 14.2. The lowest BCUT2D eigenvalue weighted by atomic mass is 10.1. The SMILES string of the molecule is Cc1cccc(/C=N\NC(=O)[C@H](O)c2ccccc2)n1. The first-order valence-corrected chi connectivity index (χ1v) is 6.16. The quantitative estimate of drug-likeness (QED) is 0.653. The van der Waals surface area contributed by atoms with E-state index in [4.69, 9.17) is 0 Å². The third-order valence-corrected chi connectivity index (χ3v) is 2.65. The van der Waals surface area contributed by atoms with Crippen LogP contribution in [0.3, 0.4) is 0 Å². The molecule has 0 aliphatic rings. The minimum Gasteiger partial charge on any atom is -0.378 e. The van der Waals surface area contributed by atoms with E-state index in [9.17, 15) is 9.90 Å². The molecule has 5 nitrogen and oxygen atoms in total. The van der Waals surface area contributed by atoms with Gasteiger partial charge in [-0.15, -0.1) is 0 Å². The van der Waals surface area contributed by atoms with Crippen molar-refractivity contribution in [3.05, 3.63) is 65.5 Å². The number of pyridine rings is 1. The van der Waals surface area contributed by atoms with Crippen molar-refractivity contribution in [3.63, 3.8) is 0 Å². The van der Waals surface area contributed by atoms with Gasteiger partial charge < -0.3 is 5.11 Å². The Morgan fingerprint density at radius 1 is 1.25 bits per heavy atom. The van der Waals surface area contributed by atoms with Gasteiger partial charge in [-0.05, 0) is 24.6 Å². The maximum atomic E-state index is 11.7. The van der Waals surface area contributed by atoms with Crippen molar-refractivity contribution < 1.29 is 9.90 Å². The van der Waals surface area contributed by atoms with Crippen LogP contribution in [0.25, 0.3) is 0 Å². The Labute approximate surface area is 117 Å². The average Bonchev–Trinajstić information content (AvgIpc) is 2.47. The van der Waals surface area contributed by atoms with Gasteiger partial charge in [-0.3, -0.25) is 9.78 Å². The number of carbonyl (C=O) groups is 1. The number of hydrazone groups is 1. The fraction of sp³-hybridized carbons (Fsp3) is 0.133. The van der Waals surface area contributed by atoms with Gasteiger partial charge in [0, 0.05) is 5.69 Å². The topological polar surface area (TPSA) is 74.6 Å². The van der Waals surface area contributed by atoms with Gasteiger partial charge in [0.2, 0.25) is 0 Å². The lowest BCUT2D eigenvalue weighted by Crippen LogP contribution is -2.25. The van der Waals surface area contributed by atoms with Gasteiger partial charge in [0.15, 0.2) is 6.10 Å². The highest BCUT2D eigenvalue weighted by Gasteiger charge is 2.15. The summed E-state index contributed by atoms with van der Waals surface area (Å²) in [6.45, 7) is 1.87. The Morgan fingerprint density at radius 2 is 2.00 bits per heavy atom. The van der Waals surface area contributed by atoms with E-state index in [0.717, 1.165) is 5.69 Å². The summed E-state index contributed by atoms with van der Waals surface area (Å²) in [5.74, 6) is -0.583. The Bertz CT molecular complexity index is 612. The third-order valence-electron chi connectivity index (χ3n) is 2.65. The Balaban J connectivity index is 1.95. The van der Waals surface area contributed by atoms with Gasteiger partial charge in [-0.1, -0.05) is 36.4 Å². The van der Waals surface area contributed by atoms with E-state index in [1.165, 1.54) is 6.21 Å². The molecular weight excluding hydrogens is 254 g/mol. The second kappa shape index (κ2) is 6.58. The summed E-state index contributed by atoms with van der Waals surface area (Å²) in [7, 11) is 0. The Morgan fingerprint density at radius 3 is 2.70 bits per heavy atom. The minimum absolute atomic E-state index is 0.522. The maximum absolute atomic E-state index is 11.7. The zero-order valence-corrected chi connectivity index (χ0v) is 11.0. The third kappa shape index (κ3) is 3.73. The minimum atomic E-state index is -1.24. The molecule has 102 valence electrons. The molecule has 0 spiro atoms. The van der Waals surface area contributed by atoms with Crippen molar-refractivity contribution in [2.45, 2.75) is 13.0 Å². The molecule has 0 saturated carbocycles. The lowest BCUT2D eigenvalue weighted by molar-refractivity contribution is -0.129. The monoisotopic (exact) mass is 269 g/mol. The standard InChI is InChI=1S/C15H15N3O2/c1-11-6-5-9-13(17-11)10-16-18-15(20)14(19)12-7-3-2-4-8-12/h2-10,14,19H,1H3,(H,18,20)/b16-10-/t14-/m1/s1. The summed E-state index contributed by atoms with van der Waals surface area (Å²) in [6.07, 6.45) is 0.196. The second-order valence-electron chi connectivity index (χ2n) is 4.25. The zero-order valence-electron chi connectivity index (χ0n) is 11.0. The van der Waals surface area contributed by atoms with E-state index in [2.05, 4.69) is 15.5 Å². The molecule has 20 heavy (non-hydrogen) atoms. The van der Waals surface area contributed by atoms with E-state index in [0.29, 0.717) is 11.3 Å². The average molecular weight is 269 g/mol. The number of aliphatic hydroxyl groups excluding tert-OH is 1. The van der Waals surface area contributed by atoms with E-state index >= 15 is 0 Å². The number of nitrogens with zero attached hydrogens (tertiary/aromatic N) is 2. The molecule has 1 amide bonds. The van der Waals surface area contributed by atoms with Crippen LogP contribution in [0, 0.1) is 6.92 Å². The van der Waals surface area contributed by atoms with E-state index in [1.807, 2.05) is 25.1 Å². The molecule has 2 N–H and O–H groups in total. The molecule has 5 heteroatoms. The van der Waals surface area contributed by atoms with Gasteiger partial charge >= 0.3 is 0 Å². The summed E-state index contributed by atoms with van der Waals surface area (Å²) >= 11 is 0. The number of rotatable bonds is 4. The van der Waals surface area contributed by atoms with Crippen LogP contribution < -0.4 is 5.43 Å². The lowest BCUT2D eigenvalue weighted by Gasteiger charge is -2.08. The van der Waals surface area contributed by atoms with Gasteiger partial charge in [-0.25, -0.2) is 5.43 Å². The van der Waals surface area contributed by atoms with Crippen molar-refractivity contribution in [2.24, 2.45) is 5.10 Å². The number of hydrogen-bond acceptors (Lipinski definition) is 4. The van der Waals surface area contributed by atoms with Gasteiger partial charge in [0.25, 0.3) is 5.91 Å². The Hall–Kier alpha value is -2.53. The number of amides is 1. The highest BCUT2D eigenvalue weighted by molar-refractivity contribution is 5.84. The molecule has 0 fully saturated rings. The van der Waals surface area contributed by atoms with Crippen LogP contribution in [0.4, 0.5) is 0 Å². The van der Waals surface area contributed by atoms with Gasteiger partial charge in [0.1, 0.15) is 0 Å². The molecule has 0 radical (unpaired) electrons. The van der Waals surface area contributed by atoms with Crippen LogP contribution in [-0.2, 0) is 4.79 Å². The number of aromatic nitrogens is 1. The normalized spacial score (nSPS) is 12.3. The van der Waals surface area contributed by atoms with Gasteiger partial charge in [0.05, 0.1) is 11.9 Å². The van der Waals surface area contributed by atoms with Crippen LogP contribution >= 0.6 is 0 Å². The number of hydrogen-bond donors (Lipinski definition) is 2. The predicted octanol–water partition coefficient (Wildman–Crippen LogP) is 1.57. The highest BCUT2D eigenvalue weighted by Crippen LogP contribution is 2.11.